The van der Waals surface area contributed by atoms with E-state index in [1.165, 1.54) is 18.4 Å². The fraction of sp³-hybridized carbons (Fsp3) is 0.692. The smallest absolute Gasteiger partial charge is 0.317 e. The summed E-state index contributed by atoms with van der Waals surface area (Å²) in [5, 5.41) is 1.94. The maximum Gasteiger partial charge on any atom is 0.317 e. The van der Waals surface area contributed by atoms with E-state index in [0.29, 0.717) is 38.9 Å². The van der Waals surface area contributed by atoms with Gasteiger partial charge in [-0.2, -0.15) is 0 Å². The molecule has 0 unspecified atom stereocenters. The Morgan fingerprint density at radius 2 is 2.00 bits per heavy atom. The van der Waals surface area contributed by atoms with Gasteiger partial charge in [-0.15, -0.1) is 11.3 Å². The minimum absolute atomic E-state index is 0.203. The predicted octanol–water partition coefficient (Wildman–Crippen LogP) is 1.87. The van der Waals surface area contributed by atoms with Crippen LogP contribution in [0.2, 0.25) is 0 Å². The molecule has 1 aliphatic heterocycles. The van der Waals surface area contributed by atoms with Crippen LogP contribution in [0.4, 0.5) is 0 Å². The van der Waals surface area contributed by atoms with Crippen LogP contribution in [0.3, 0.4) is 0 Å². The number of carbonyl (C=O) groups is 1. The summed E-state index contributed by atoms with van der Waals surface area (Å²) in [6, 6.07) is 0. The first kappa shape index (κ1) is 13.0. The first-order chi connectivity index (χ1) is 9.21. The average molecular weight is 283 g/mol. The van der Waals surface area contributed by atoms with E-state index in [9.17, 15) is 4.79 Å². The second-order valence-electron chi connectivity index (χ2n) is 5.05. The molecule has 0 amide bonds. The number of aromatic nitrogens is 1. The molecule has 6 heteroatoms. The molecule has 1 aliphatic carbocycles. The van der Waals surface area contributed by atoms with Crippen LogP contribution in [0.15, 0.2) is 10.9 Å². The summed E-state index contributed by atoms with van der Waals surface area (Å²) in [5.74, 6) is -0.681. The number of rotatable bonds is 2. The first-order valence-electron chi connectivity index (χ1n) is 6.46. The standard InChI is InChI=1S/C13H17NO4S/c1-16-11(15)12(10-8-19-9-14-10)2-4-13(5-3-12)17-6-7-18-13/h8-9H,2-7H2,1H3. The molecule has 0 atom stereocenters. The Morgan fingerprint density at radius 1 is 1.32 bits per heavy atom. The third-order valence-corrected chi connectivity index (χ3v) is 4.76. The van der Waals surface area contributed by atoms with Crippen LogP contribution in [0.5, 0.6) is 0 Å². The fourth-order valence-electron chi connectivity index (χ4n) is 3.05. The fourth-order valence-corrected chi connectivity index (χ4v) is 3.70. The van der Waals surface area contributed by atoms with Crippen molar-refractivity contribution in [2.24, 2.45) is 0 Å². The Morgan fingerprint density at radius 3 is 2.53 bits per heavy atom. The Balaban J connectivity index is 1.85. The molecule has 1 aromatic rings. The van der Waals surface area contributed by atoms with Gasteiger partial charge in [-0.05, 0) is 12.8 Å². The summed E-state index contributed by atoms with van der Waals surface area (Å²) in [5.41, 5.74) is 1.94. The monoisotopic (exact) mass is 283 g/mol. The van der Waals surface area contributed by atoms with Crippen LogP contribution < -0.4 is 0 Å². The highest BCUT2D eigenvalue weighted by Crippen LogP contribution is 2.46. The highest BCUT2D eigenvalue weighted by molar-refractivity contribution is 7.07. The lowest BCUT2D eigenvalue weighted by Crippen LogP contribution is -2.47. The Labute approximate surface area is 115 Å². The van der Waals surface area contributed by atoms with Crippen LogP contribution in [-0.4, -0.2) is 37.1 Å². The normalized spacial score (nSPS) is 24.5. The second kappa shape index (κ2) is 4.85. The van der Waals surface area contributed by atoms with E-state index in [0.717, 1.165) is 5.69 Å². The molecule has 2 aliphatic rings. The number of hydrogen-bond acceptors (Lipinski definition) is 6. The summed E-state index contributed by atoms with van der Waals surface area (Å²) < 4.78 is 16.4. The van der Waals surface area contributed by atoms with Crippen molar-refractivity contribution in [2.75, 3.05) is 20.3 Å². The molecule has 1 aromatic heterocycles. The molecule has 0 aromatic carbocycles. The van der Waals surface area contributed by atoms with Gasteiger partial charge < -0.3 is 14.2 Å². The lowest BCUT2D eigenvalue weighted by atomic mass is 9.70. The van der Waals surface area contributed by atoms with Gasteiger partial charge in [-0.25, -0.2) is 4.98 Å². The van der Waals surface area contributed by atoms with Gasteiger partial charge >= 0.3 is 5.97 Å². The molecule has 2 heterocycles. The highest BCUT2D eigenvalue weighted by Gasteiger charge is 2.52. The maximum atomic E-state index is 12.3. The maximum absolute atomic E-state index is 12.3. The van der Waals surface area contributed by atoms with E-state index in [1.54, 1.807) is 5.51 Å². The Bertz CT molecular complexity index is 443. The topological polar surface area (TPSA) is 57.7 Å². The molecule has 5 nitrogen and oxygen atoms in total. The molecule has 19 heavy (non-hydrogen) atoms. The summed E-state index contributed by atoms with van der Waals surface area (Å²) >= 11 is 1.50. The lowest BCUT2D eigenvalue weighted by Gasteiger charge is -2.40. The summed E-state index contributed by atoms with van der Waals surface area (Å²) in [6.07, 6.45) is 2.73. The van der Waals surface area contributed by atoms with E-state index in [1.807, 2.05) is 5.38 Å². The molecular weight excluding hydrogens is 266 g/mol. The number of nitrogens with zero attached hydrogens (tertiary/aromatic N) is 1. The number of esters is 1. The van der Waals surface area contributed by atoms with E-state index in [2.05, 4.69) is 4.98 Å². The van der Waals surface area contributed by atoms with Gasteiger partial charge in [-0.3, -0.25) is 4.79 Å². The zero-order valence-electron chi connectivity index (χ0n) is 10.9. The SMILES string of the molecule is COC(=O)C1(c2cscn2)CCC2(CC1)OCCO2. The van der Waals surface area contributed by atoms with Crippen molar-refractivity contribution < 1.29 is 19.0 Å². The quantitative estimate of drug-likeness (QED) is 0.776. The van der Waals surface area contributed by atoms with Gasteiger partial charge in [0.15, 0.2) is 5.79 Å². The van der Waals surface area contributed by atoms with Gasteiger partial charge in [-0.1, -0.05) is 0 Å². The predicted molar refractivity (Wildman–Crippen MR) is 68.9 cm³/mol. The van der Waals surface area contributed by atoms with Crippen molar-refractivity contribution in [3.05, 3.63) is 16.6 Å². The molecule has 1 saturated heterocycles. The third kappa shape index (κ3) is 2.07. The highest BCUT2D eigenvalue weighted by atomic mass is 32.1. The molecule has 0 bridgehead atoms. The minimum Gasteiger partial charge on any atom is -0.468 e. The molecule has 3 rings (SSSR count). The van der Waals surface area contributed by atoms with Crippen LogP contribution in [0, 0.1) is 0 Å². The largest absolute Gasteiger partial charge is 0.468 e. The zero-order valence-corrected chi connectivity index (χ0v) is 11.7. The van der Waals surface area contributed by atoms with Gasteiger partial charge in [0.05, 0.1) is 31.5 Å². The second-order valence-corrected chi connectivity index (χ2v) is 5.77. The molecule has 104 valence electrons. The third-order valence-electron chi connectivity index (χ3n) is 4.18. The van der Waals surface area contributed by atoms with Crippen LogP contribution in [0.25, 0.3) is 0 Å². The van der Waals surface area contributed by atoms with E-state index >= 15 is 0 Å². The van der Waals surface area contributed by atoms with E-state index in [-0.39, 0.29) is 5.97 Å². The zero-order chi connectivity index (χ0) is 13.3. The summed E-state index contributed by atoms with van der Waals surface area (Å²) in [7, 11) is 1.43. The molecule has 1 saturated carbocycles. The van der Waals surface area contributed by atoms with Crippen molar-refractivity contribution >= 4 is 17.3 Å². The van der Waals surface area contributed by atoms with Crippen LogP contribution >= 0.6 is 11.3 Å². The number of thiazole rings is 1. The van der Waals surface area contributed by atoms with Gasteiger partial charge in [0.25, 0.3) is 0 Å². The van der Waals surface area contributed by atoms with Crippen molar-refractivity contribution in [1.29, 1.82) is 0 Å². The molecule has 0 N–H and O–H groups in total. The molecule has 0 radical (unpaired) electrons. The molecular formula is C13H17NO4S. The number of methoxy groups -OCH3 is 1. The number of carbonyl (C=O) groups excluding carboxylic acids is 1. The van der Waals surface area contributed by atoms with E-state index in [4.69, 9.17) is 14.2 Å². The van der Waals surface area contributed by atoms with E-state index < -0.39 is 11.2 Å². The van der Waals surface area contributed by atoms with Gasteiger partial charge in [0.2, 0.25) is 0 Å². The van der Waals surface area contributed by atoms with Crippen molar-refractivity contribution in [2.45, 2.75) is 36.9 Å². The average Bonchev–Trinajstić information content (AvgIpc) is 3.11. The van der Waals surface area contributed by atoms with Crippen LogP contribution in [0.1, 0.15) is 31.4 Å². The summed E-state index contributed by atoms with van der Waals surface area (Å²) in [6.45, 7) is 1.28. The first-order valence-corrected chi connectivity index (χ1v) is 7.40. The molecule has 2 fully saturated rings. The molecule has 1 spiro atoms. The summed E-state index contributed by atoms with van der Waals surface area (Å²) in [4.78, 5) is 16.6. The van der Waals surface area contributed by atoms with Crippen molar-refractivity contribution in [1.82, 2.24) is 4.98 Å². The van der Waals surface area contributed by atoms with Crippen molar-refractivity contribution in [3.63, 3.8) is 0 Å². The Hall–Kier alpha value is -0.980. The van der Waals surface area contributed by atoms with Gasteiger partial charge in [0, 0.05) is 18.2 Å². The minimum atomic E-state index is -0.630. The number of hydrogen-bond donors (Lipinski definition) is 0. The Kier molecular flexibility index (Phi) is 3.32. The lowest BCUT2D eigenvalue weighted by molar-refractivity contribution is -0.190. The number of ether oxygens (including phenoxy) is 3. The van der Waals surface area contributed by atoms with Crippen LogP contribution in [-0.2, 0) is 24.4 Å². The van der Waals surface area contributed by atoms with Crippen molar-refractivity contribution in [3.8, 4) is 0 Å². The van der Waals surface area contributed by atoms with Gasteiger partial charge in [0.1, 0.15) is 5.41 Å².